The van der Waals surface area contributed by atoms with Crippen LogP contribution in [0.15, 0.2) is 17.0 Å². The highest BCUT2D eigenvalue weighted by molar-refractivity contribution is 5.87. The van der Waals surface area contributed by atoms with Crippen LogP contribution < -0.4 is 10.2 Å². The highest BCUT2D eigenvalue weighted by atomic mass is 16.3. The Hall–Kier alpha value is -1.62. The number of aromatic nitrogens is 2. The fraction of sp³-hybridized carbons (Fsp3) is 0.538. The lowest BCUT2D eigenvalue weighted by molar-refractivity contribution is 0.445. The SMILES string of the molecule is CNC1CN(c2ncnc3c(C4CC4)coc23)C1. The lowest BCUT2D eigenvalue weighted by Gasteiger charge is -2.39. The van der Waals surface area contributed by atoms with Gasteiger partial charge in [0.2, 0.25) is 0 Å². The highest BCUT2D eigenvalue weighted by Crippen LogP contribution is 2.44. The second kappa shape index (κ2) is 3.68. The summed E-state index contributed by atoms with van der Waals surface area (Å²) >= 11 is 0. The van der Waals surface area contributed by atoms with Gasteiger partial charge < -0.3 is 14.6 Å². The molecule has 2 aromatic heterocycles. The van der Waals surface area contributed by atoms with E-state index in [1.807, 2.05) is 13.3 Å². The van der Waals surface area contributed by atoms with Gasteiger partial charge in [-0.1, -0.05) is 0 Å². The summed E-state index contributed by atoms with van der Waals surface area (Å²) in [6, 6.07) is 0.563. The molecule has 18 heavy (non-hydrogen) atoms. The fourth-order valence-electron chi connectivity index (χ4n) is 2.60. The molecule has 2 fully saturated rings. The molecule has 0 radical (unpaired) electrons. The Labute approximate surface area is 105 Å². The second-order valence-electron chi connectivity index (χ2n) is 5.23. The van der Waals surface area contributed by atoms with Crippen LogP contribution >= 0.6 is 0 Å². The summed E-state index contributed by atoms with van der Waals surface area (Å²) < 4.78 is 5.72. The Morgan fingerprint density at radius 3 is 2.89 bits per heavy atom. The maximum atomic E-state index is 5.72. The number of nitrogens with one attached hydrogen (secondary N) is 1. The molecule has 2 aromatic rings. The van der Waals surface area contributed by atoms with E-state index in [2.05, 4.69) is 20.2 Å². The average molecular weight is 244 g/mol. The van der Waals surface area contributed by atoms with Crippen molar-refractivity contribution in [3.8, 4) is 0 Å². The van der Waals surface area contributed by atoms with E-state index in [-0.39, 0.29) is 0 Å². The van der Waals surface area contributed by atoms with Gasteiger partial charge in [-0.05, 0) is 25.8 Å². The third kappa shape index (κ3) is 1.43. The number of rotatable bonds is 3. The molecule has 0 unspecified atom stereocenters. The van der Waals surface area contributed by atoms with Gasteiger partial charge in [0.05, 0.1) is 6.26 Å². The molecule has 2 aliphatic rings. The first kappa shape index (κ1) is 10.3. The highest BCUT2D eigenvalue weighted by Gasteiger charge is 2.32. The molecule has 0 spiro atoms. The van der Waals surface area contributed by atoms with Gasteiger partial charge in [-0.25, -0.2) is 9.97 Å². The molecule has 1 N–H and O–H groups in total. The number of hydrogen-bond acceptors (Lipinski definition) is 5. The van der Waals surface area contributed by atoms with Crippen LogP contribution in [0.1, 0.15) is 24.3 Å². The van der Waals surface area contributed by atoms with E-state index in [0.29, 0.717) is 12.0 Å². The number of anilines is 1. The maximum Gasteiger partial charge on any atom is 0.195 e. The largest absolute Gasteiger partial charge is 0.458 e. The molecular formula is C13H16N4O. The smallest absolute Gasteiger partial charge is 0.195 e. The van der Waals surface area contributed by atoms with Gasteiger partial charge >= 0.3 is 0 Å². The quantitative estimate of drug-likeness (QED) is 0.887. The van der Waals surface area contributed by atoms with Crippen molar-refractivity contribution in [3.63, 3.8) is 0 Å². The van der Waals surface area contributed by atoms with E-state index in [1.165, 1.54) is 18.4 Å². The zero-order valence-electron chi connectivity index (χ0n) is 10.4. The predicted octanol–water partition coefficient (Wildman–Crippen LogP) is 1.51. The summed E-state index contributed by atoms with van der Waals surface area (Å²) in [6.45, 7) is 1.98. The van der Waals surface area contributed by atoms with Crippen molar-refractivity contribution in [1.82, 2.24) is 15.3 Å². The fourth-order valence-corrected chi connectivity index (χ4v) is 2.60. The molecule has 1 aliphatic heterocycles. The van der Waals surface area contributed by atoms with E-state index >= 15 is 0 Å². The van der Waals surface area contributed by atoms with Gasteiger partial charge in [0.25, 0.3) is 0 Å². The Balaban J connectivity index is 1.73. The molecule has 5 heteroatoms. The van der Waals surface area contributed by atoms with Gasteiger partial charge in [0.15, 0.2) is 11.4 Å². The van der Waals surface area contributed by atoms with E-state index < -0.39 is 0 Å². The van der Waals surface area contributed by atoms with Gasteiger partial charge in [0.1, 0.15) is 11.8 Å². The number of hydrogen-bond donors (Lipinski definition) is 1. The molecular weight excluding hydrogens is 228 g/mol. The molecule has 94 valence electrons. The average Bonchev–Trinajstić information content (AvgIpc) is 3.08. The van der Waals surface area contributed by atoms with Gasteiger partial charge in [-0.2, -0.15) is 0 Å². The summed E-state index contributed by atoms with van der Waals surface area (Å²) in [7, 11) is 2.00. The number of furan rings is 1. The summed E-state index contributed by atoms with van der Waals surface area (Å²) in [5, 5.41) is 3.27. The van der Waals surface area contributed by atoms with E-state index in [1.54, 1.807) is 6.33 Å². The van der Waals surface area contributed by atoms with Crippen LogP contribution in [0.3, 0.4) is 0 Å². The van der Waals surface area contributed by atoms with Crippen molar-refractivity contribution in [3.05, 3.63) is 18.2 Å². The first-order valence-corrected chi connectivity index (χ1v) is 6.51. The van der Waals surface area contributed by atoms with Crippen LogP contribution in [0.25, 0.3) is 11.1 Å². The van der Waals surface area contributed by atoms with E-state index in [4.69, 9.17) is 4.42 Å². The lowest BCUT2D eigenvalue weighted by atomic mass is 10.1. The molecule has 1 aliphatic carbocycles. The summed E-state index contributed by atoms with van der Waals surface area (Å²) in [5.74, 6) is 1.61. The number of likely N-dealkylation sites (N-methyl/N-ethyl adjacent to an activating group) is 1. The number of nitrogens with zero attached hydrogens (tertiary/aromatic N) is 3. The molecule has 1 saturated carbocycles. The summed E-state index contributed by atoms with van der Waals surface area (Å²) in [6.07, 6.45) is 6.06. The number of fused-ring (bicyclic) bond motifs is 1. The monoisotopic (exact) mass is 244 g/mol. The lowest BCUT2D eigenvalue weighted by Crippen LogP contribution is -2.57. The van der Waals surface area contributed by atoms with Crippen molar-refractivity contribution in [2.24, 2.45) is 0 Å². The van der Waals surface area contributed by atoms with Crippen molar-refractivity contribution in [2.75, 3.05) is 25.0 Å². The van der Waals surface area contributed by atoms with Gasteiger partial charge in [-0.15, -0.1) is 0 Å². The Bertz CT molecular complexity index is 584. The second-order valence-corrected chi connectivity index (χ2v) is 5.23. The summed E-state index contributed by atoms with van der Waals surface area (Å²) in [4.78, 5) is 11.0. The van der Waals surface area contributed by atoms with Gasteiger partial charge in [-0.3, -0.25) is 0 Å². The Morgan fingerprint density at radius 1 is 1.33 bits per heavy atom. The Morgan fingerprint density at radius 2 is 2.17 bits per heavy atom. The normalized spacial score (nSPS) is 20.4. The van der Waals surface area contributed by atoms with Crippen molar-refractivity contribution in [2.45, 2.75) is 24.8 Å². The van der Waals surface area contributed by atoms with Crippen LogP contribution in [0.4, 0.5) is 5.82 Å². The van der Waals surface area contributed by atoms with Crippen LogP contribution in [-0.4, -0.2) is 36.1 Å². The maximum absolute atomic E-state index is 5.72. The molecule has 3 heterocycles. The predicted molar refractivity (Wildman–Crippen MR) is 68.8 cm³/mol. The van der Waals surface area contributed by atoms with Crippen molar-refractivity contribution in [1.29, 1.82) is 0 Å². The minimum absolute atomic E-state index is 0.563. The third-order valence-electron chi connectivity index (χ3n) is 3.97. The molecule has 1 saturated heterocycles. The third-order valence-corrected chi connectivity index (χ3v) is 3.97. The van der Waals surface area contributed by atoms with E-state index in [0.717, 1.165) is 30.0 Å². The van der Waals surface area contributed by atoms with Crippen molar-refractivity contribution < 1.29 is 4.42 Å². The minimum Gasteiger partial charge on any atom is -0.458 e. The molecule has 4 rings (SSSR count). The molecule has 0 amide bonds. The van der Waals surface area contributed by atoms with Crippen molar-refractivity contribution >= 4 is 16.9 Å². The summed E-state index contributed by atoms with van der Waals surface area (Å²) in [5.41, 5.74) is 3.13. The van der Waals surface area contributed by atoms with Crippen LogP contribution in [0.5, 0.6) is 0 Å². The van der Waals surface area contributed by atoms with Crippen LogP contribution in [-0.2, 0) is 0 Å². The molecule has 5 nitrogen and oxygen atoms in total. The van der Waals surface area contributed by atoms with Crippen LogP contribution in [0.2, 0.25) is 0 Å². The molecule has 0 bridgehead atoms. The topological polar surface area (TPSA) is 54.2 Å². The zero-order valence-corrected chi connectivity index (χ0v) is 10.4. The van der Waals surface area contributed by atoms with Gasteiger partial charge in [0, 0.05) is 24.7 Å². The molecule has 0 atom stereocenters. The zero-order chi connectivity index (χ0) is 12.1. The van der Waals surface area contributed by atoms with E-state index in [9.17, 15) is 0 Å². The standard InChI is InChI=1S/C13H16N4O/c1-14-9-4-17(5-9)13-12-11(15-7-16-13)10(6-18-12)8-2-3-8/h6-9,14H,2-5H2,1H3. The first-order valence-electron chi connectivity index (χ1n) is 6.51. The first-order chi connectivity index (χ1) is 8.86. The minimum atomic E-state index is 0.563. The van der Waals surface area contributed by atoms with Crippen LogP contribution in [0, 0.1) is 0 Å². The Kier molecular flexibility index (Phi) is 2.11. The molecule has 0 aromatic carbocycles.